The van der Waals surface area contributed by atoms with Crippen LogP contribution in [0.25, 0.3) is 0 Å². The fourth-order valence-electron chi connectivity index (χ4n) is 3.70. The second-order valence-electron chi connectivity index (χ2n) is 7.80. The van der Waals surface area contributed by atoms with Gasteiger partial charge in [-0.15, -0.1) is 12.4 Å². The van der Waals surface area contributed by atoms with Crippen molar-refractivity contribution in [1.82, 2.24) is 4.90 Å². The van der Waals surface area contributed by atoms with E-state index in [0.29, 0.717) is 6.42 Å². The normalized spacial score (nSPS) is 26.7. The molecule has 26 heavy (non-hydrogen) atoms. The number of hydrogen-bond acceptors (Lipinski definition) is 4. The van der Waals surface area contributed by atoms with Crippen molar-refractivity contribution in [2.24, 2.45) is 10.4 Å². The second kappa shape index (κ2) is 7.26. The Morgan fingerprint density at radius 1 is 1.08 bits per heavy atom. The van der Waals surface area contributed by atoms with Crippen LogP contribution in [0.5, 0.6) is 0 Å². The highest BCUT2D eigenvalue weighted by Gasteiger charge is 2.54. The van der Waals surface area contributed by atoms with Crippen molar-refractivity contribution < 1.29 is 5.11 Å². The number of aliphatic imine (C=N–C) groups is 1. The van der Waals surface area contributed by atoms with Gasteiger partial charge >= 0.3 is 0 Å². The van der Waals surface area contributed by atoms with Gasteiger partial charge < -0.3 is 10.0 Å². The third kappa shape index (κ3) is 3.51. The highest BCUT2D eigenvalue weighted by atomic mass is 35.5. The average Bonchev–Trinajstić information content (AvgIpc) is 2.88. The summed E-state index contributed by atoms with van der Waals surface area (Å²) in [4.78, 5) is 6.95. The van der Waals surface area contributed by atoms with Crippen LogP contribution in [0.1, 0.15) is 30.2 Å². The topological polar surface area (TPSA) is 35.8 Å². The Balaban J connectivity index is 0.00000196. The summed E-state index contributed by atoms with van der Waals surface area (Å²) >= 11 is 1.70. The summed E-state index contributed by atoms with van der Waals surface area (Å²) in [5, 5.41) is 12.8. The number of hydrogen-bond donors (Lipinski definition) is 1. The van der Waals surface area contributed by atoms with E-state index in [2.05, 4.69) is 43.0 Å². The lowest BCUT2D eigenvalue weighted by Gasteiger charge is -2.43. The molecule has 4 rings (SSSR count). The molecule has 1 saturated heterocycles. The van der Waals surface area contributed by atoms with Crippen molar-refractivity contribution in [3.05, 3.63) is 71.8 Å². The van der Waals surface area contributed by atoms with E-state index in [4.69, 9.17) is 4.99 Å². The molecule has 2 unspecified atom stereocenters. The average molecular weight is 389 g/mol. The Hall–Kier alpha value is -1.49. The summed E-state index contributed by atoms with van der Waals surface area (Å²) in [5.41, 5.74) is 1.40. The van der Waals surface area contributed by atoms with E-state index < -0.39 is 5.72 Å². The van der Waals surface area contributed by atoms with Crippen LogP contribution in [0.2, 0.25) is 0 Å². The van der Waals surface area contributed by atoms with Gasteiger partial charge in [-0.2, -0.15) is 0 Å². The van der Waals surface area contributed by atoms with Gasteiger partial charge in [0.25, 0.3) is 0 Å². The molecule has 1 fully saturated rings. The standard InChI is InChI=1S/C21H24N2OS.ClH/c1-20(2)14-22-19-23(15-20)21(24,13-16-9-5-3-6-10-16)18(25-19)17-11-7-4-8-12-17;/h3-12,18,24H,13-15H2,1-2H3;1H. The molecule has 1 N–H and O–H groups in total. The van der Waals surface area contributed by atoms with Crippen LogP contribution < -0.4 is 0 Å². The van der Waals surface area contributed by atoms with E-state index in [1.54, 1.807) is 11.8 Å². The van der Waals surface area contributed by atoms with Crippen molar-refractivity contribution in [3.63, 3.8) is 0 Å². The summed E-state index contributed by atoms with van der Waals surface area (Å²) in [6.07, 6.45) is 0.593. The fraction of sp³-hybridized carbons (Fsp3) is 0.381. The lowest BCUT2D eigenvalue weighted by molar-refractivity contribution is -0.0781. The van der Waals surface area contributed by atoms with Crippen molar-refractivity contribution in [2.75, 3.05) is 13.1 Å². The molecule has 2 aliphatic rings. The van der Waals surface area contributed by atoms with Gasteiger partial charge in [0.1, 0.15) is 0 Å². The zero-order chi connectivity index (χ0) is 17.5. The zero-order valence-electron chi connectivity index (χ0n) is 15.1. The minimum Gasteiger partial charge on any atom is -0.369 e. The van der Waals surface area contributed by atoms with Crippen molar-refractivity contribution >= 4 is 29.3 Å². The lowest BCUT2D eigenvalue weighted by atomic mass is 9.87. The molecular formula is C21H25ClN2OS. The minimum atomic E-state index is -0.968. The van der Waals surface area contributed by atoms with Gasteiger partial charge in [-0.05, 0) is 11.1 Å². The van der Waals surface area contributed by atoms with E-state index in [-0.39, 0.29) is 23.1 Å². The molecule has 138 valence electrons. The van der Waals surface area contributed by atoms with Gasteiger partial charge in [0.15, 0.2) is 10.9 Å². The highest BCUT2D eigenvalue weighted by molar-refractivity contribution is 8.14. The molecule has 0 bridgehead atoms. The SMILES string of the molecule is CC1(C)CN=C2SC(c3ccccc3)C(O)(Cc3ccccc3)N2C1.Cl. The molecule has 3 nitrogen and oxygen atoms in total. The highest BCUT2D eigenvalue weighted by Crippen LogP contribution is 2.52. The number of nitrogens with zero attached hydrogens (tertiary/aromatic N) is 2. The van der Waals surface area contributed by atoms with Gasteiger partial charge in [0.05, 0.1) is 5.25 Å². The molecule has 0 amide bonds. The number of aliphatic hydroxyl groups is 1. The maximum absolute atomic E-state index is 11.9. The Morgan fingerprint density at radius 3 is 2.35 bits per heavy atom. The summed E-state index contributed by atoms with van der Waals surface area (Å²) in [6, 6.07) is 20.6. The third-order valence-electron chi connectivity index (χ3n) is 4.98. The first-order chi connectivity index (χ1) is 12.0. The predicted molar refractivity (Wildman–Crippen MR) is 112 cm³/mol. The summed E-state index contributed by atoms with van der Waals surface area (Å²) in [6.45, 7) is 6.08. The third-order valence-corrected chi connectivity index (χ3v) is 6.43. The molecule has 2 heterocycles. The molecular weight excluding hydrogens is 364 g/mol. The van der Waals surface area contributed by atoms with Gasteiger partial charge in [0.2, 0.25) is 0 Å². The maximum Gasteiger partial charge on any atom is 0.162 e. The Labute approximate surface area is 165 Å². The lowest BCUT2D eigenvalue weighted by Crippen LogP contribution is -2.55. The fourth-order valence-corrected chi connectivity index (χ4v) is 5.10. The summed E-state index contributed by atoms with van der Waals surface area (Å²) < 4.78 is 0. The van der Waals surface area contributed by atoms with Crippen LogP contribution in [-0.2, 0) is 6.42 Å². The van der Waals surface area contributed by atoms with Gasteiger partial charge in [0, 0.05) is 24.9 Å². The van der Waals surface area contributed by atoms with Gasteiger partial charge in [-0.25, -0.2) is 0 Å². The Bertz CT molecular complexity index is 781. The molecule has 0 aliphatic carbocycles. The molecule has 5 heteroatoms. The smallest absolute Gasteiger partial charge is 0.162 e. The van der Waals surface area contributed by atoms with Crippen LogP contribution in [-0.4, -0.2) is 34.0 Å². The van der Waals surface area contributed by atoms with E-state index in [9.17, 15) is 5.11 Å². The summed E-state index contributed by atoms with van der Waals surface area (Å²) in [5.74, 6) is 0. The minimum absolute atomic E-state index is 0. The first kappa shape index (κ1) is 19.3. The summed E-state index contributed by atoms with van der Waals surface area (Å²) in [7, 11) is 0. The molecule has 0 spiro atoms. The van der Waals surface area contributed by atoms with E-state index in [1.165, 1.54) is 0 Å². The molecule has 2 aromatic rings. The largest absolute Gasteiger partial charge is 0.369 e. The number of rotatable bonds is 3. The number of halogens is 1. The quantitative estimate of drug-likeness (QED) is 0.839. The van der Waals surface area contributed by atoms with Crippen molar-refractivity contribution in [3.8, 4) is 0 Å². The van der Waals surface area contributed by atoms with Crippen molar-refractivity contribution in [1.29, 1.82) is 0 Å². The van der Waals surface area contributed by atoms with Crippen LogP contribution in [0.4, 0.5) is 0 Å². The van der Waals surface area contributed by atoms with Gasteiger partial charge in [-0.3, -0.25) is 4.99 Å². The number of thioether (sulfide) groups is 1. The first-order valence-corrected chi connectivity index (χ1v) is 9.66. The van der Waals surface area contributed by atoms with Crippen LogP contribution in [0, 0.1) is 5.41 Å². The Kier molecular flexibility index (Phi) is 5.38. The van der Waals surface area contributed by atoms with E-state index in [1.807, 2.05) is 36.4 Å². The second-order valence-corrected chi connectivity index (χ2v) is 8.87. The molecule has 0 aromatic heterocycles. The Morgan fingerprint density at radius 2 is 1.69 bits per heavy atom. The number of fused-ring (bicyclic) bond motifs is 1. The molecule has 0 radical (unpaired) electrons. The number of amidine groups is 1. The van der Waals surface area contributed by atoms with Gasteiger partial charge in [-0.1, -0.05) is 86.3 Å². The first-order valence-electron chi connectivity index (χ1n) is 8.78. The molecule has 0 saturated carbocycles. The molecule has 2 atom stereocenters. The zero-order valence-corrected chi connectivity index (χ0v) is 16.8. The number of benzene rings is 2. The monoisotopic (exact) mass is 388 g/mol. The van der Waals surface area contributed by atoms with Crippen LogP contribution in [0.15, 0.2) is 65.7 Å². The maximum atomic E-state index is 11.9. The molecule has 2 aliphatic heterocycles. The van der Waals surface area contributed by atoms with Crippen LogP contribution >= 0.6 is 24.2 Å². The van der Waals surface area contributed by atoms with E-state index in [0.717, 1.165) is 29.4 Å². The predicted octanol–water partition coefficient (Wildman–Crippen LogP) is 4.53. The van der Waals surface area contributed by atoms with Crippen molar-refractivity contribution in [2.45, 2.75) is 31.2 Å². The van der Waals surface area contributed by atoms with Crippen LogP contribution in [0.3, 0.4) is 0 Å². The molecule has 2 aromatic carbocycles. The van der Waals surface area contributed by atoms with E-state index >= 15 is 0 Å².